The fourth-order valence-corrected chi connectivity index (χ4v) is 0.562. The van der Waals surface area contributed by atoms with E-state index in [1.54, 1.807) is 0 Å². The Kier molecular flexibility index (Phi) is 5.85. The molecule has 0 aliphatic rings. The van der Waals surface area contributed by atoms with Crippen LogP contribution in [-0.2, 0) is 19.1 Å². The normalized spacial score (nSPS) is 10.7. The molecule has 0 radical (unpaired) electrons. The van der Waals surface area contributed by atoms with Crippen molar-refractivity contribution in [2.45, 2.75) is 20.3 Å². The molecule has 0 aliphatic carbocycles. The summed E-state index contributed by atoms with van der Waals surface area (Å²) in [6.07, 6.45) is 1.26. The minimum absolute atomic E-state index is 0.0283. The van der Waals surface area contributed by atoms with E-state index in [1.165, 1.54) is 6.92 Å². The van der Waals surface area contributed by atoms with Crippen LogP contribution in [0.5, 0.6) is 0 Å². The molecule has 0 unspecified atom stereocenters. The number of carbonyl (C=O) groups is 2. The molecule has 0 heterocycles. The summed E-state index contributed by atoms with van der Waals surface area (Å²) in [4.78, 5) is 22.1. The number of esters is 2. The van der Waals surface area contributed by atoms with Crippen molar-refractivity contribution >= 4 is 11.9 Å². The molecule has 0 saturated heterocycles. The van der Waals surface area contributed by atoms with Crippen molar-refractivity contribution in [1.29, 1.82) is 0 Å². The lowest BCUT2D eigenvalue weighted by Gasteiger charge is -2.06. The molecule has 5 nitrogen and oxygen atoms in total. The third kappa shape index (κ3) is 4.85. The molecule has 5 heteroatoms. The standard InChI is InChI=1S/C10H14O5/c1-4-5-14-10(13)8(3)15-9(12)7(2)6-11/h6,11H,3-5H2,1-2H3. The summed E-state index contributed by atoms with van der Waals surface area (Å²) >= 11 is 0. The minimum Gasteiger partial charge on any atom is -0.515 e. The Labute approximate surface area is 88.0 Å². The Balaban J connectivity index is 4.14. The van der Waals surface area contributed by atoms with Crippen LogP contribution >= 0.6 is 0 Å². The molecule has 0 aliphatic heterocycles. The second-order valence-corrected chi connectivity index (χ2v) is 2.76. The van der Waals surface area contributed by atoms with Crippen LogP contribution in [0.15, 0.2) is 24.2 Å². The lowest BCUT2D eigenvalue weighted by Crippen LogP contribution is -2.14. The van der Waals surface area contributed by atoms with Crippen LogP contribution in [-0.4, -0.2) is 23.7 Å². The summed E-state index contributed by atoms with van der Waals surface area (Å²) in [5, 5.41) is 8.49. The number of hydrogen-bond donors (Lipinski definition) is 1. The molecule has 0 saturated carbocycles. The zero-order chi connectivity index (χ0) is 11.8. The molecule has 0 spiro atoms. The zero-order valence-corrected chi connectivity index (χ0v) is 8.78. The first kappa shape index (κ1) is 13.2. The van der Waals surface area contributed by atoms with Gasteiger partial charge in [0.25, 0.3) is 0 Å². The first-order valence-electron chi connectivity index (χ1n) is 4.42. The van der Waals surface area contributed by atoms with Crippen LogP contribution in [0, 0.1) is 0 Å². The summed E-state index contributed by atoms with van der Waals surface area (Å²) in [6, 6.07) is 0. The fraction of sp³-hybridized carbons (Fsp3) is 0.400. The summed E-state index contributed by atoms with van der Waals surface area (Å²) < 4.78 is 9.20. The van der Waals surface area contributed by atoms with Crippen LogP contribution in [0.4, 0.5) is 0 Å². The van der Waals surface area contributed by atoms with Gasteiger partial charge in [-0.3, -0.25) is 0 Å². The Hall–Kier alpha value is -1.78. The van der Waals surface area contributed by atoms with Gasteiger partial charge < -0.3 is 14.6 Å². The van der Waals surface area contributed by atoms with Crippen LogP contribution in [0.2, 0.25) is 0 Å². The summed E-state index contributed by atoms with van der Waals surface area (Å²) in [5.74, 6) is -2.01. The van der Waals surface area contributed by atoms with Crippen LogP contribution in [0.25, 0.3) is 0 Å². The molecule has 84 valence electrons. The van der Waals surface area contributed by atoms with Crippen molar-refractivity contribution in [2.75, 3.05) is 6.61 Å². The van der Waals surface area contributed by atoms with Gasteiger partial charge in [0, 0.05) is 0 Å². The molecule has 0 aromatic rings. The number of aliphatic hydroxyl groups excluding tert-OH is 1. The number of carbonyl (C=O) groups excluding carboxylic acids is 2. The second-order valence-electron chi connectivity index (χ2n) is 2.76. The van der Waals surface area contributed by atoms with Gasteiger partial charge in [0.2, 0.25) is 5.76 Å². The van der Waals surface area contributed by atoms with Gasteiger partial charge in [-0.15, -0.1) is 0 Å². The lowest BCUT2D eigenvalue weighted by molar-refractivity contribution is -0.149. The highest BCUT2D eigenvalue weighted by Crippen LogP contribution is 2.03. The predicted molar refractivity (Wildman–Crippen MR) is 52.9 cm³/mol. The molecular formula is C10H14O5. The molecule has 0 fully saturated rings. The quantitative estimate of drug-likeness (QED) is 0.426. The van der Waals surface area contributed by atoms with Gasteiger partial charge in [0.15, 0.2) is 0 Å². The molecular weight excluding hydrogens is 200 g/mol. The van der Waals surface area contributed by atoms with Crippen LogP contribution < -0.4 is 0 Å². The molecule has 1 N–H and O–H groups in total. The first-order chi connectivity index (χ1) is 7.02. The van der Waals surface area contributed by atoms with E-state index in [4.69, 9.17) is 5.11 Å². The van der Waals surface area contributed by atoms with Crippen molar-refractivity contribution < 1.29 is 24.2 Å². The topological polar surface area (TPSA) is 72.8 Å². The van der Waals surface area contributed by atoms with E-state index in [0.29, 0.717) is 12.7 Å². The first-order valence-corrected chi connectivity index (χ1v) is 4.42. The average molecular weight is 214 g/mol. The lowest BCUT2D eigenvalue weighted by atomic mass is 10.3. The molecule has 0 aromatic carbocycles. The number of aliphatic hydroxyl groups is 1. The van der Waals surface area contributed by atoms with E-state index in [9.17, 15) is 9.59 Å². The van der Waals surface area contributed by atoms with Gasteiger partial charge in [0.1, 0.15) is 0 Å². The van der Waals surface area contributed by atoms with Crippen LogP contribution in [0.1, 0.15) is 20.3 Å². The average Bonchev–Trinajstić information content (AvgIpc) is 2.24. The van der Waals surface area contributed by atoms with Gasteiger partial charge in [-0.25, -0.2) is 9.59 Å². The highest BCUT2D eigenvalue weighted by Gasteiger charge is 2.15. The SMILES string of the molecule is C=C(OC(=O)C(C)=CO)C(=O)OCCC. The van der Waals surface area contributed by atoms with Crippen molar-refractivity contribution in [2.24, 2.45) is 0 Å². The largest absolute Gasteiger partial charge is 0.515 e. The van der Waals surface area contributed by atoms with E-state index < -0.39 is 17.7 Å². The third-order valence-electron chi connectivity index (χ3n) is 1.40. The maximum absolute atomic E-state index is 11.1. The smallest absolute Gasteiger partial charge is 0.373 e. The van der Waals surface area contributed by atoms with Gasteiger partial charge in [0.05, 0.1) is 18.4 Å². The van der Waals surface area contributed by atoms with E-state index in [0.717, 1.165) is 0 Å². The summed E-state index contributed by atoms with van der Waals surface area (Å²) in [5.41, 5.74) is -0.0283. The van der Waals surface area contributed by atoms with Gasteiger partial charge in [-0.05, 0) is 19.9 Å². The van der Waals surface area contributed by atoms with Crippen LogP contribution in [0.3, 0.4) is 0 Å². The van der Waals surface area contributed by atoms with E-state index in [2.05, 4.69) is 16.1 Å². The molecule has 15 heavy (non-hydrogen) atoms. The molecule has 0 atom stereocenters. The molecule has 0 amide bonds. The predicted octanol–water partition coefficient (Wildman–Crippen LogP) is 1.46. The monoisotopic (exact) mass is 214 g/mol. The highest BCUT2D eigenvalue weighted by atomic mass is 16.6. The van der Waals surface area contributed by atoms with Gasteiger partial charge in [-0.2, -0.15) is 0 Å². The minimum atomic E-state index is -0.837. The Morgan fingerprint density at radius 3 is 2.47 bits per heavy atom. The summed E-state index contributed by atoms with van der Waals surface area (Å²) in [6.45, 7) is 6.65. The molecule has 0 rings (SSSR count). The van der Waals surface area contributed by atoms with Crippen molar-refractivity contribution in [3.63, 3.8) is 0 Å². The molecule has 0 bridgehead atoms. The molecule has 0 aromatic heterocycles. The highest BCUT2D eigenvalue weighted by molar-refractivity contribution is 5.94. The maximum Gasteiger partial charge on any atom is 0.373 e. The van der Waals surface area contributed by atoms with Crippen molar-refractivity contribution in [1.82, 2.24) is 0 Å². The fourth-order valence-electron chi connectivity index (χ4n) is 0.562. The number of hydrogen-bond acceptors (Lipinski definition) is 5. The Morgan fingerprint density at radius 1 is 1.40 bits per heavy atom. The number of ether oxygens (including phenoxy) is 2. The third-order valence-corrected chi connectivity index (χ3v) is 1.40. The van der Waals surface area contributed by atoms with Gasteiger partial charge in [-0.1, -0.05) is 6.92 Å². The van der Waals surface area contributed by atoms with E-state index in [1.807, 2.05) is 6.92 Å². The Morgan fingerprint density at radius 2 is 2.00 bits per heavy atom. The van der Waals surface area contributed by atoms with Crippen molar-refractivity contribution in [3.05, 3.63) is 24.2 Å². The van der Waals surface area contributed by atoms with E-state index >= 15 is 0 Å². The summed E-state index contributed by atoms with van der Waals surface area (Å²) in [7, 11) is 0. The number of rotatable bonds is 5. The maximum atomic E-state index is 11.1. The zero-order valence-electron chi connectivity index (χ0n) is 8.78. The van der Waals surface area contributed by atoms with Crippen molar-refractivity contribution in [3.8, 4) is 0 Å². The Bertz CT molecular complexity index is 290. The van der Waals surface area contributed by atoms with E-state index in [-0.39, 0.29) is 12.2 Å². The second kappa shape index (κ2) is 6.64. The van der Waals surface area contributed by atoms with Gasteiger partial charge >= 0.3 is 11.9 Å².